The summed E-state index contributed by atoms with van der Waals surface area (Å²) in [5.41, 5.74) is 3.74. The Balaban J connectivity index is 2.00. The standard InChI is InChI=1S/C16H21N3OS/c1-4-19(5-2)16(20)11-21-10-15-12(3)17-13-8-6-7-9-14(13)18-15/h6-9H,4-5,10-11H2,1-3H3. The number of hydrogen-bond acceptors (Lipinski definition) is 4. The molecule has 1 aromatic carbocycles. The Morgan fingerprint density at radius 3 is 2.38 bits per heavy atom. The molecule has 0 saturated carbocycles. The van der Waals surface area contributed by atoms with Gasteiger partial charge in [0.2, 0.25) is 5.91 Å². The van der Waals surface area contributed by atoms with Gasteiger partial charge in [0.25, 0.3) is 0 Å². The lowest BCUT2D eigenvalue weighted by Gasteiger charge is -2.18. The number of rotatable bonds is 6. The highest BCUT2D eigenvalue weighted by molar-refractivity contribution is 7.99. The second kappa shape index (κ2) is 7.41. The molecule has 0 radical (unpaired) electrons. The van der Waals surface area contributed by atoms with Gasteiger partial charge in [-0.3, -0.25) is 4.79 Å². The minimum atomic E-state index is 0.191. The monoisotopic (exact) mass is 303 g/mol. The van der Waals surface area contributed by atoms with Crippen LogP contribution in [-0.4, -0.2) is 39.6 Å². The normalized spacial score (nSPS) is 10.8. The van der Waals surface area contributed by atoms with E-state index < -0.39 is 0 Å². The van der Waals surface area contributed by atoms with Gasteiger partial charge in [0.1, 0.15) is 0 Å². The van der Waals surface area contributed by atoms with Crippen molar-refractivity contribution in [3.8, 4) is 0 Å². The Kier molecular flexibility index (Phi) is 5.56. The first-order chi connectivity index (χ1) is 10.2. The lowest BCUT2D eigenvalue weighted by atomic mass is 10.2. The molecule has 5 heteroatoms. The summed E-state index contributed by atoms with van der Waals surface area (Å²) in [5, 5.41) is 0. The van der Waals surface area contributed by atoms with E-state index in [1.807, 2.05) is 49.9 Å². The summed E-state index contributed by atoms with van der Waals surface area (Å²) in [6.45, 7) is 7.52. The number of nitrogens with zero attached hydrogens (tertiary/aromatic N) is 3. The van der Waals surface area contributed by atoms with Crippen molar-refractivity contribution in [1.82, 2.24) is 14.9 Å². The first-order valence-electron chi connectivity index (χ1n) is 7.23. The summed E-state index contributed by atoms with van der Waals surface area (Å²) in [7, 11) is 0. The third kappa shape index (κ3) is 3.94. The lowest BCUT2D eigenvalue weighted by molar-refractivity contribution is -0.127. The third-order valence-electron chi connectivity index (χ3n) is 3.42. The van der Waals surface area contributed by atoms with Gasteiger partial charge < -0.3 is 4.90 Å². The number of amides is 1. The topological polar surface area (TPSA) is 46.1 Å². The van der Waals surface area contributed by atoms with Gasteiger partial charge in [-0.1, -0.05) is 12.1 Å². The second-order valence-corrected chi connectivity index (χ2v) is 5.79. The summed E-state index contributed by atoms with van der Waals surface area (Å²) in [4.78, 5) is 23.0. The van der Waals surface area contributed by atoms with Crippen LogP contribution in [0.4, 0.5) is 0 Å². The zero-order valence-electron chi connectivity index (χ0n) is 12.8. The van der Waals surface area contributed by atoms with E-state index in [0.717, 1.165) is 41.3 Å². The number of aryl methyl sites for hydroxylation is 1. The molecule has 2 aromatic rings. The maximum absolute atomic E-state index is 12.0. The minimum Gasteiger partial charge on any atom is -0.343 e. The highest BCUT2D eigenvalue weighted by atomic mass is 32.2. The molecule has 0 spiro atoms. The Bertz CT molecular complexity index is 626. The number of carbonyl (C=O) groups excluding carboxylic acids is 1. The fourth-order valence-corrected chi connectivity index (χ4v) is 3.09. The second-order valence-electron chi connectivity index (χ2n) is 4.80. The van der Waals surface area contributed by atoms with Crippen LogP contribution in [0.2, 0.25) is 0 Å². The molecule has 112 valence electrons. The van der Waals surface area contributed by atoms with Gasteiger partial charge in [0.15, 0.2) is 0 Å². The largest absolute Gasteiger partial charge is 0.343 e. The quantitative estimate of drug-likeness (QED) is 0.823. The maximum Gasteiger partial charge on any atom is 0.232 e. The van der Waals surface area contributed by atoms with Crippen molar-refractivity contribution < 1.29 is 4.79 Å². The molecule has 0 bridgehead atoms. The molecular formula is C16H21N3OS. The molecule has 0 fully saturated rings. The molecular weight excluding hydrogens is 282 g/mol. The molecule has 0 aliphatic heterocycles. The van der Waals surface area contributed by atoms with Crippen molar-refractivity contribution in [2.24, 2.45) is 0 Å². The Hall–Kier alpha value is -1.62. The van der Waals surface area contributed by atoms with Gasteiger partial charge in [0.05, 0.1) is 28.2 Å². The Labute approximate surface area is 130 Å². The number of para-hydroxylation sites is 2. The van der Waals surface area contributed by atoms with Crippen molar-refractivity contribution in [1.29, 1.82) is 0 Å². The molecule has 21 heavy (non-hydrogen) atoms. The average molecular weight is 303 g/mol. The van der Waals surface area contributed by atoms with Crippen LogP contribution in [0.3, 0.4) is 0 Å². The molecule has 2 rings (SSSR count). The van der Waals surface area contributed by atoms with E-state index in [2.05, 4.69) is 9.97 Å². The van der Waals surface area contributed by atoms with Crippen LogP contribution in [0.1, 0.15) is 25.2 Å². The van der Waals surface area contributed by atoms with E-state index in [1.54, 1.807) is 11.8 Å². The first-order valence-corrected chi connectivity index (χ1v) is 8.39. The van der Waals surface area contributed by atoms with E-state index >= 15 is 0 Å². The molecule has 0 atom stereocenters. The van der Waals surface area contributed by atoms with Crippen LogP contribution in [0.25, 0.3) is 11.0 Å². The third-order valence-corrected chi connectivity index (χ3v) is 4.35. The molecule has 0 unspecified atom stereocenters. The number of thioether (sulfide) groups is 1. The highest BCUT2D eigenvalue weighted by Gasteiger charge is 2.11. The summed E-state index contributed by atoms with van der Waals surface area (Å²) in [6.07, 6.45) is 0. The smallest absolute Gasteiger partial charge is 0.232 e. The lowest BCUT2D eigenvalue weighted by Crippen LogP contribution is -2.31. The molecule has 0 aliphatic carbocycles. The number of fused-ring (bicyclic) bond motifs is 1. The Morgan fingerprint density at radius 2 is 1.76 bits per heavy atom. The zero-order chi connectivity index (χ0) is 15.2. The molecule has 1 heterocycles. The molecule has 0 saturated heterocycles. The zero-order valence-corrected chi connectivity index (χ0v) is 13.6. The van der Waals surface area contributed by atoms with Crippen molar-refractivity contribution in [3.05, 3.63) is 35.7 Å². The van der Waals surface area contributed by atoms with Gasteiger partial charge >= 0.3 is 0 Å². The van der Waals surface area contributed by atoms with Gasteiger partial charge in [-0.25, -0.2) is 9.97 Å². The molecule has 0 N–H and O–H groups in total. The average Bonchev–Trinajstić information content (AvgIpc) is 2.49. The van der Waals surface area contributed by atoms with Crippen LogP contribution < -0.4 is 0 Å². The van der Waals surface area contributed by atoms with Crippen molar-refractivity contribution in [2.75, 3.05) is 18.8 Å². The molecule has 1 amide bonds. The highest BCUT2D eigenvalue weighted by Crippen LogP contribution is 2.17. The van der Waals surface area contributed by atoms with Crippen LogP contribution in [0, 0.1) is 6.92 Å². The van der Waals surface area contributed by atoms with Gasteiger partial charge in [-0.2, -0.15) is 0 Å². The SMILES string of the molecule is CCN(CC)C(=O)CSCc1nc2ccccc2nc1C. The van der Waals surface area contributed by atoms with E-state index in [1.165, 1.54) is 0 Å². The van der Waals surface area contributed by atoms with Gasteiger partial charge in [-0.15, -0.1) is 11.8 Å². The molecule has 1 aromatic heterocycles. The molecule has 4 nitrogen and oxygen atoms in total. The van der Waals surface area contributed by atoms with Crippen LogP contribution in [-0.2, 0) is 10.5 Å². The fourth-order valence-electron chi connectivity index (χ4n) is 2.16. The van der Waals surface area contributed by atoms with Crippen LogP contribution in [0.15, 0.2) is 24.3 Å². The van der Waals surface area contributed by atoms with E-state index in [9.17, 15) is 4.79 Å². The fraction of sp³-hybridized carbons (Fsp3) is 0.438. The minimum absolute atomic E-state index is 0.191. The van der Waals surface area contributed by atoms with E-state index in [-0.39, 0.29) is 5.91 Å². The number of carbonyl (C=O) groups is 1. The molecule has 0 aliphatic rings. The van der Waals surface area contributed by atoms with Crippen LogP contribution >= 0.6 is 11.8 Å². The summed E-state index contributed by atoms with van der Waals surface area (Å²) in [6, 6.07) is 7.87. The van der Waals surface area contributed by atoms with E-state index in [4.69, 9.17) is 0 Å². The van der Waals surface area contributed by atoms with E-state index in [0.29, 0.717) is 5.75 Å². The summed E-state index contributed by atoms with van der Waals surface area (Å²) >= 11 is 1.60. The predicted molar refractivity (Wildman–Crippen MR) is 88.4 cm³/mol. The first kappa shape index (κ1) is 15.8. The van der Waals surface area contributed by atoms with Crippen molar-refractivity contribution in [3.63, 3.8) is 0 Å². The summed E-state index contributed by atoms with van der Waals surface area (Å²) < 4.78 is 0. The number of benzene rings is 1. The van der Waals surface area contributed by atoms with Crippen LogP contribution in [0.5, 0.6) is 0 Å². The van der Waals surface area contributed by atoms with Crippen molar-refractivity contribution in [2.45, 2.75) is 26.5 Å². The predicted octanol–water partition coefficient (Wildman–Crippen LogP) is 3.04. The number of aromatic nitrogens is 2. The van der Waals surface area contributed by atoms with Crippen molar-refractivity contribution >= 4 is 28.7 Å². The summed E-state index contributed by atoms with van der Waals surface area (Å²) in [5.74, 6) is 1.41. The van der Waals surface area contributed by atoms with Gasteiger partial charge in [0, 0.05) is 18.8 Å². The number of hydrogen-bond donors (Lipinski definition) is 0. The van der Waals surface area contributed by atoms with Gasteiger partial charge in [-0.05, 0) is 32.9 Å². The maximum atomic E-state index is 12.0. The Morgan fingerprint density at radius 1 is 1.14 bits per heavy atom.